The molecule has 2 aromatic carbocycles. The van der Waals surface area contributed by atoms with Gasteiger partial charge in [0.15, 0.2) is 0 Å². The third-order valence-electron chi connectivity index (χ3n) is 3.58. The lowest BCUT2D eigenvalue weighted by Crippen LogP contribution is -2.32. The van der Waals surface area contributed by atoms with E-state index in [4.69, 9.17) is 0 Å². The summed E-state index contributed by atoms with van der Waals surface area (Å²) in [7, 11) is 1.96. The van der Waals surface area contributed by atoms with Crippen LogP contribution >= 0.6 is 0 Å². The molecule has 0 bridgehead atoms. The zero-order valence-electron chi connectivity index (χ0n) is 12.7. The van der Waals surface area contributed by atoms with Crippen LogP contribution in [0.4, 0.5) is 0 Å². The summed E-state index contributed by atoms with van der Waals surface area (Å²) in [5.41, 5.74) is 2.96. The summed E-state index contributed by atoms with van der Waals surface area (Å²) in [5, 5.41) is 8.71. The van der Waals surface area contributed by atoms with Crippen molar-refractivity contribution in [2.75, 3.05) is 7.05 Å². The molecule has 3 aromatic rings. The molecule has 5 nitrogen and oxygen atoms in total. The number of fused-ring (bicyclic) bond motifs is 1. The minimum Gasteiger partial charge on any atom is -0.283 e. The highest BCUT2D eigenvalue weighted by atomic mass is 16.1. The summed E-state index contributed by atoms with van der Waals surface area (Å²) in [4.78, 5) is 14.4. The second kappa shape index (κ2) is 6.07. The molecule has 0 saturated heterocycles. The Labute approximate surface area is 128 Å². The van der Waals surface area contributed by atoms with Crippen molar-refractivity contribution in [3.63, 3.8) is 0 Å². The number of nitrogens with zero attached hydrogens (tertiary/aromatic N) is 4. The van der Waals surface area contributed by atoms with Gasteiger partial charge in [0.05, 0.1) is 12.1 Å². The maximum atomic E-state index is 12.4. The molecule has 1 aromatic heterocycles. The van der Waals surface area contributed by atoms with Gasteiger partial charge in [-0.2, -0.15) is 4.68 Å². The molecule has 0 amide bonds. The normalized spacial score (nSPS) is 11.2. The Morgan fingerprint density at radius 1 is 1.09 bits per heavy atom. The Balaban J connectivity index is 1.79. The van der Waals surface area contributed by atoms with Crippen LogP contribution in [0.3, 0.4) is 0 Å². The molecular formula is C17H18N4O. The predicted octanol–water partition coefficient (Wildman–Crippen LogP) is 2.19. The third kappa shape index (κ3) is 3.04. The van der Waals surface area contributed by atoms with Crippen LogP contribution in [0.25, 0.3) is 10.9 Å². The van der Waals surface area contributed by atoms with Crippen LogP contribution < -0.4 is 5.56 Å². The first-order valence-corrected chi connectivity index (χ1v) is 7.20. The number of benzene rings is 2. The van der Waals surface area contributed by atoms with E-state index in [1.165, 1.54) is 15.8 Å². The largest absolute Gasteiger partial charge is 0.283 e. The molecule has 0 saturated carbocycles. The molecule has 5 heteroatoms. The predicted molar refractivity (Wildman–Crippen MR) is 86.4 cm³/mol. The molecule has 0 unspecified atom stereocenters. The van der Waals surface area contributed by atoms with E-state index in [-0.39, 0.29) is 5.56 Å². The Hall–Kier alpha value is -2.53. The van der Waals surface area contributed by atoms with Gasteiger partial charge in [0.2, 0.25) is 0 Å². The van der Waals surface area contributed by atoms with E-state index in [1.54, 1.807) is 12.1 Å². The summed E-state index contributed by atoms with van der Waals surface area (Å²) in [6, 6.07) is 15.6. The Morgan fingerprint density at radius 3 is 2.59 bits per heavy atom. The summed E-state index contributed by atoms with van der Waals surface area (Å²) in [5.74, 6) is 0. The molecule has 0 atom stereocenters. The monoisotopic (exact) mass is 294 g/mol. The standard InChI is InChI=1S/C17H18N4O/c1-13-7-9-14(10-8-13)11-20(2)12-21-17(22)15-5-3-4-6-16(15)18-19-21/h3-10H,11-12H2,1-2H3. The molecule has 0 radical (unpaired) electrons. The van der Waals surface area contributed by atoms with Gasteiger partial charge in [0, 0.05) is 6.54 Å². The van der Waals surface area contributed by atoms with E-state index < -0.39 is 0 Å². The lowest BCUT2D eigenvalue weighted by Gasteiger charge is -2.17. The zero-order valence-corrected chi connectivity index (χ0v) is 12.7. The van der Waals surface area contributed by atoms with Crippen molar-refractivity contribution in [1.82, 2.24) is 19.9 Å². The van der Waals surface area contributed by atoms with Gasteiger partial charge in [-0.15, -0.1) is 5.10 Å². The van der Waals surface area contributed by atoms with Crippen molar-refractivity contribution in [3.8, 4) is 0 Å². The second-order valence-electron chi connectivity index (χ2n) is 5.55. The molecule has 0 spiro atoms. The summed E-state index contributed by atoms with van der Waals surface area (Å²) >= 11 is 0. The maximum Gasteiger partial charge on any atom is 0.278 e. The highest BCUT2D eigenvalue weighted by molar-refractivity contribution is 5.76. The van der Waals surface area contributed by atoms with E-state index in [0.29, 0.717) is 17.6 Å². The van der Waals surface area contributed by atoms with Gasteiger partial charge in [0.1, 0.15) is 5.52 Å². The Kier molecular flexibility index (Phi) is 3.98. The Bertz CT molecular complexity index is 839. The molecule has 0 aliphatic carbocycles. The van der Waals surface area contributed by atoms with E-state index >= 15 is 0 Å². The molecule has 0 aliphatic heterocycles. The Morgan fingerprint density at radius 2 is 1.82 bits per heavy atom. The van der Waals surface area contributed by atoms with Gasteiger partial charge in [-0.3, -0.25) is 9.69 Å². The number of rotatable bonds is 4. The van der Waals surface area contributed by atoms with Crippen LogP contribution in [-0.4, -0.2) is 26.9 Å². The SMILES string of the molecule is Cc1ccc(CN(C)Cn2nnc3ccccc3c2=O)cc1. The fourth-order valence-corrected chi connectivity index (χ4v) is 2.40. The smallest absolute Gasteiger partial charge is 0.278 e. The van der Waals surface area contributed by atoms with Crippen molar-refractivity contribution < 1.29 is 0 Å². The van der Waals surface area contributed by atoms with Crippen LogP contribution in [-0.2, 0) is 13.2 Å². The van der Waals surface area contributed by atoms with Gasteiger partial charge in [-0.05, 0) is 31.7 Å². The van der Waals surface area contributed by atoms with Gasteiger partial charge < -0.3 is 0 Å². The van der Waals surface area contributed by atoms with Gasteiger partial charge in [-0.1, -0.05) is 47.2 Å². The lowest BCUT2D eigenvalue weighted by atomic mass is 10.1. The average Bonchev–Trinajstić information content (AvgIpc) is 2.53. The highest BCUT2D eigenvalue weighted by Crippen LogP contribution is 2.07. The lowest BCUT2D eigenvalue weighted by molar-refractivity contribution is 0.236. The summed E-state index contributed by atoms with van der Waals surface area (Å²) in [6.07, 6.45) is 0. The first kappa shape index (κ1) is 14.4. The number of aromatic nitrogens is 3. The van der Waals surface area contributed by atoms with Crippen LogP contribution in [0.2, 0.25) is 0 Å². The maximum absolute atomic E-state index is 12.4. The van der Waals surface area contributed by atoms with E-state index in [0.717, 1.165) is 6.54 Å². The van der Waals surface area contributed by atoms with Crippen LogP contribution in [0.15, 0.2) is 53.3 Å². The number of hydrogen-bond acceptors (Lipinski definition) is 4. The summed E-state index contributed by atoms with van der Waals surface area (Å²) in [6.45, 7) is 3.23. The van der Waals surface area contributed by atoms with Crippen LogP contribution in [0, 0.1) is 6.92 Å². The van der Waals surface area contributed by atoms with Crippen molar-refractivity contribution >= 4 is 10.9 Å². The number of hydrogen-bond donors (Lipinski definition) is 0. The molecule has 0 aliphatic rings. The van der Waals surface area contributed by atoms with E-state index in [9.17, 15) is 4.79 Å². The summed E-state index contributed by atoms with van der Waals surface area (Å²) < 4.78 is 1.40. The van der Waals surface area contributed by atoms with Crippen molar-refractivity contribution in [2.45, 2.75) is 20.1 Å². The highest BCUT2D eigenvalue weighted by Gasteiger charge is 2.07. The van der Waals surface area contributed by atoms with Gasteiger partial charge in [-0.25, -0.2) is 0 Å². The fourth-order valence-electron chi connectivity index (χ4n) is 2.40. The fraction of sp³-hybridized carbons (Fsp3) is 0.235. The van der Waals surface area contributed by atoms with Gasteiger partial charge in [0.25, 0.3) is 5.56 Å². The molecule has 3 rings (SSSR count). The van der Waals surface area contributed by atoms with Crippen molar-refractivity contribution in [3.05, 3.63) is 70.0 Å². The molecule has 0 fully saturated rings. The van der Waals surface area contributed by atoms with E-state index in [1.807, 2.05) is 24.1 Å². The topological polar surface area (TPSA) is 51.0 Å². The quantitative estimate of drug-likeness (QED) is 0.740. The average molecular weight is 294 g/mol. The third-order valence-corrected chi connectivity index (χ3v) is 3.58. The van der Waals surface area contributed by atoms with Crippen LogP contribution in [0.1, 0.15) is 11.1 Å². The first-order valence-electron chi connectivity index (χ1n) is 7.20. The molecule has 1 heterocycles. The van der Waals surface area contributed by atoms with Gasteiger partial charge >= 0.3 is 0 Å². The second-order valence-corrected chi connectivity index (χ2v) is 5.55. The molecule has 22 heavy (non-hydrogen) atoms. The molecule has 112 valence electrons. The zero-order chi connectivity index (χ0) is 15.5. The number of aryl methyl sites for hydroxylation is 1. The van der Waals surface area contributed by atoms with Crippen molar-refractivity contribution in [1.29, 1.82) is 0 Å². The molecule has 0 N–H and O–H groups in total. The minimum absolute atomic E-state index is 0.110. The van der Waals surface area contributed by atoms with Crippen molar-refractivity contribution in [2.24, 2.45) is 0 Å². The van der Waals surface area contributed by atoms with E-state index in [2.05, 4.69) is 41.5 Å². The first-order chi connectivity index (χ1) is 10.6. The minimum atomic E-state index is -0.110. The molecular weight excluding hydrogens is 276 g/mol. The van der Waals surface area contributed by atoms with Crippen LogP contribution in [0.5, 0.6) is 0 Å².